The van der Waals surface area contributed by atoms with E-state index in [1.54, 1.807) is 4.68 Å². The highest BCUT2D eigenvalue weighted by Gasteiger charge is 2.18. The second kappa shape index (κ2) is 7.08. The van der Waals surface area contributed by atoms with Crippen LogP contribution in [0.15, 0.2) is 24.3 Å². The van der Waals surface area contributed by atoms with Crippen LogP contribution in [-0.2, 0) is 13.0 Å². The Morgan fingerprint density at radius 1 is 1.11 bits per heavy atom. The van der Waals surface area contributed by atoms with E-state index in [2.05, 4.69) is 29.1 Å². The topological polar surface area (TPSA) is 81.7 Å². The number of aliphatic hydroxyl groups excluding tert-OH is 1. The third-order valence-electron chi connectivity index (χ3n) is 5.10. The smallest absolute Gasteiger partial charge is 0.272 e. The van der Waals surface area contributed by atoms with Gasteiger partial charge in [0, 0.05) is 17.6 Å². The number of aryl methyl sites for hydroxylation is 1. The maximum absolute atomic E-state index is 9.51. The predicted octanol–water partition coefficient (Wildman–Crippen LogP) is 3.12. The van der Waals surface area contributed by atoms with Crippen LogP contribution in [0.25, 0.3) is 28.0 Å². The first-order valence-corrected chi connectivity index (χ1v) is 9.43. The lowest BCUT2D eigenvalue weighted by Gasteiger charge is -2.06. The van der Waals surface area contributed by atoms with Crippen molar-refractivity contribution >= 4 is 22.1 Å². The maximum atomic E-state index is 9.51. The molecular weight excluding hydrogens is 340 g/mol. The highest BCUT2D eigenvalue weighted by molar-refractivity contribution is 6.04. The summed E-state index contributed by atoms with van der Waals surface area (Å²) in [7, 11) is 0. The summed E-state index contributed by atoms with van der Waals surface area (Å²) in [6, 6.07) is 7.97. The van der Waals surface area contributed by atoms with Gasteiger partial charge in [0.25, 0.3) is 5.95 Å². The number of hydrogen-bond donors (Lipinski definition) is 1. The summed E-state index contributed by atoms with van der Waals surface area (Å²) in [5, 5.41) is 24.0. The summed E-state index contributed by atoms with van der Waals surface area (Å²) in [4.78, 5) is 4.78. The van der Waals surface area contributed by atoms with Crippen LogP contribution in [0, 0.1) is 13.8 Å². The molecule has 7 nitrogen and oxygen atoms in total. The largest absolute Gasteiger partial charge is 0.395 e. The van der Waals surface area contributed by atoms with Gasteiger partial charge in [-0.15, -0.1) is 10.2 Å². The van der Waals surface area contributed by atoms with Crippen LogP contribution in [0.4, 0.5) is 0 Å². The second-order valence-electron chi connectivity index (χ2n) is 6.84. The first-order valence-electron chi connectivity index (χ1n) is 9.43. The Bertz CT molecular complexity index is 1110. The van der Waals surface area contributed by atoms with Crippen LogP contribution < -0.4 is 0 Å². The zero-order valence-electron chi connectivity index (χ0n) is 16.0. The Kier molecular flexibility index (Phi) is 4.61. The number of benzene rings is 1. The Balaban J connectivity index is 1.89. The van der Waals surface area contributed by atoms with Crippen molar-refractivity contribution in [2.75, 3.05) is 6.61 Å². The number of para-hydroxylation sites is 1. The van der Waals surface area contributed by atoms with Crippen molar-refractivity contribution in [3.63, 3.8) is 0 Å². The van der Waals surface area contributed by atoms with Gasteiger partial charge in [0.15, 0.2) is 5.65 Å². The van der Waals surface area contributed by atoms with Crippen molar-refractivity contribution in [1.82, 2.24) is 29.5 Å². The fraction of sp³-hybridized carbons (Fsp3) is 0.400. The minimum absolute atomic E-state index is 0.0359. The molecule has 7 heteroatoms. The van der Waals surface area contributed by atoms with Gasteiger partial charge in [-0.3, -0.25) is 0 Å². The van der Waals surface area contributed by atoms with Gasteiger partial charge < -0.3 is 9.67 Å². The number of fused-ring (bicyclic) bond motifs is 3. The van der Waals surface area contributed by atoms with E-state index >= 15 is 0 Å². The zero-order valence-corrected chi connectivity index (χ0v) is 16.0. The molecular formula is C20H24N6O. The van der Waals surface area contributed by atoms with Crippen molar-refractivity contribution in [2.24, 2.45) is 0 Å². The van der Waals surface area contributed by atoms with Crippen LogP contribution in [0.2, 0.25) is 0 Å². The number of rotatable bonds is 6. The third-order valence-corrected chi connectivity index (χ3v) is 5.10. The van der Waals surface area contributed by atoms with E-state index in [1.165, 1.54) is 5.56 Å². The molecule has 3 aromatic heterocycles. The number of aliphatic hydroxyl groups is 1. The predicted molar refractivity (Wildman–Crippen MR) is 105 cm³/mol. The standard InChI is InChI=1S/C20H24N6O/c1-4-5-8-15-13(2)24-26(14(15)3)20-21-19-18(22-23-20)16-9-6-7-10-17(16)25(19)11-12-27/h6-7,9-10,27H,4-5,8,11-12H2,1-3H3. The van der Waals surface area contributed by atoms with Crippen LogP contribution in [0.1, 0.15) is 36.7 Å². The molecule has 1 aromatic carbocycles. The summed E-state index contributed by atoms with van der Waals surface area (Å²) in [5.41, 5.74) is 5.80. The third kappa shape index (κ3) is 2.88. The number of aromatic nitrogens is 6. The second-order valence-corrected chi connectivity index (χ2v) is 6.84. The Morgan fingerprint density at radius 2 is 1.93 bits per heavy atom. The summed E-state index contributed by atoms with van der Waals surface area (Å²) >= 11 is 0. The molecule has 0 atom stereocenters. The van der Waals surface area contributed by atoms with E-state index in [1.807, 2.05) is 35.8 Å². The molecule has 0 aliphatic carbocycles. The molecule has 0 saturated heterocycles. The Hall–Kier alpha value is -2.80. The van der Waals surface area contributed by atoms with Gasteiger partial charge in [-0.2, -0.15) is 10.1 Å². The molecule has 0 aliphatic rings. The fourth-order valence-electron chi connectivity index (χ4n) is 3.70. The fourth-order valence-corrected chi connectivity index (χ4v) is 3.70. The molecule has 0 unspecified atom stereocenters. The average Bonchev–Trinajstić information content (AvgIpc) is 3.15. The molecule has 3 heterocycles. The number of hydrogen-bond acceptors (Lipinski definition) is 5. The molecule has 0 amide bonds. The molecule has 0 radical (unpaired) electrons. The average molecular weight is 364 g/mol. The molecule has 0 aliphatic heterocycles. The Morgan fingerprint density at radius 3 is 2.70 bits per heavy atom. The van der Waals surface area contributed by atoms with E-state index in [0.29, 0.717) is 12.5 Å². The molecule has 0 spiro atoms. The van der Waals surface area contributed by atoms with E-state index in [-0.39, 0.29) is 6.61 Å². The molecule has 0 saturated carbocycles. The SMILES string of the molecule is CCCCc1c(C)nn(-c2nnc3c4ccccc4n(CCO)c3n2)c1C. The van der Waals surface area contributed by atoms with Gasteiger partial charge in [0.1, 0.15) is 5.52 Å². The molecule has 1 N–H and O–H groups in total. The normalized spacial score (nSPS) is 11.7. The van der Waals surface area contributed by atoms with Crippen LogP contribution in [0.5, 0.6) is 0 Å². The lowest BCUT2D eigenvalue weighted by Crippen LogP contribution is -2.09. The molecule has 27 heavy (non-hydrogen) atoms. The minimum atomic E-state index is 0.0359. The Labute approximate surface area is 157 Å². The summed E-state index contributed by atoms with van der Waals surface area (Å²) < 4.78 is 3.78. The van der Waals surface area contributed by atoms with E-state index in [9.17, 15) is 5.11 Å². The highest BCUT2D eigenvalue weighted by atomic mass is 16.3. The lowest BCUT2D eigenvalue weighted by atomic mass is 10.1. The molecule has 0 fully saturated rings. The summed E-state index contributed by atoms with van der Waals surface area (Å²) in [5.74, 6) is 0.466. The monoisotopic (exact) mass is 364 g/mol. The molecule has 4 rings (SSSR count). The minimum Gasteiger partial charge on any atom is -0.395 e. The summed E-state index contributed by atoms with van der Waals surface area (Å²) in [6.07, 6.45) is 3.29. The van der Waals surface area contributed by atoms with Crippen molar-refractivity contribution in [2.45, 2.75) is 46.6 Å². The number of unbranched alkanes of at least 4 members (excludes halogenated alkanes) is 1. The van der Waals surface area contributed by atoms with E-state index in [4.69, 9.17) is 4.98 Å². The van der Waals surface area contributed by atoms with Crippen molar-refractivity contribution in [3.05, 3.63) is 41.2 Å². The van der Waals surface area contributed by atoms with Gasteiger partial charge in [0.05, 0.1) is 17.8 Å². The maximum Gasteiger partial charge on any atom is 0.272 e. The van der Waals surface area contributed by atoms with Gasteiger partial charge >= 0.3 is 0 Å². The van der Waals surface area contributed by atoms with Gasteiger partial charge in [-0.05, 0) is 38.3 Å². The van der Waals surface area contributed by atoms with Crippen molar-refractivity contribution in [3.8, 4) is 5.95 Å². The van der Waals surface area contributed by atoms with Gasteiger partial charge in [-0.1, -0.05) is 31.5 Å². The lowest BCUT2D eigenvalue weighted by molar-refractivity contribution is 0.279. The molecule has 4 aromatic rings. The van der Waals surface area contributed by atoms with E-state index < -0.39 is 0 Å². The van der Waals surface area contributed by atoms with Crippen molar-refractivity contribution in [1.29, 1.82) is 0 Å². The first-order chi connectivity index (χ1) is 13.2. The van der Waals surface area contributed by atoms with Crippen LogP contribution in [-0.4, -0.2) is 41.2 Å². The van der Waals surface area contributed by atoms with Crippen LogP contribution in [0.3, 0.4) is 0 Å². The molecule has 140 valence electrons. The van der Waals surface area contributed by atoms with E-state index in [0.717, 1.165) is 52.7 Å². The van der Waals surface area contributed by atoms with Crippen LogP contribution >= 0.6 is 0 Å². The van der Waals surface area contributed by atoms with Gasteiger partial charge in [-0.25, -0.2) is 4.68 Å². The first kappa shape index (κ1) is 17.6. The highest BCUT2D eigenvalue weighted by Crippen LogP contribution is 2.26. The van der Waals surface area contributed by atoms with Crippen molar-refractivity contribution < 1.29 is 5.11 Å². The quantitative estimate of drug-likeness (QED) is 0.568. The number of nitrogens with zero attached hydrogens (tertiary/aromatic N) is 6. The van der Waals surface area contributed by atoms with Gasteiger partial charge in [0.2, 0.25) is 0 Å². The zero-order chi connectivity index (χ0) is 19.0. The molecule has 0 bridgehead atoms. The summed E-state index contributed by atoms with van der Waals surface area (Å²) in [6.45, 7) is 6.77.